The summed E-state index contributed by atoms with van der Waals surface area (Å²) in [6.07, 6.45) is 1.51. The average molecular weight is 670 g/mol. The van der Waals surface area contributed by atoms with E-state index in [9.17, 15) is 39.9 Å². The second-order valence-corrected chi connectivity index (χ2v) is 11.4. The number of phenols is 4. The highest BCUT2D eigenvalue weighted by Crippen LogP contribution is 2.54. The van der Waals surface area contributed by atoms with E-state index in [0.717, 1.165) is 12.3 Å². The number of fused-ring (bicyclic) bond motifs is 5. The molecule has 48 heavy (non-hydrogen) atoms. The van der Waals surface area contributed by atoms with E-state index in [-0.39, 0.29) is 68.3 Å². The molecule has 0 aromatic heterocycles. The Hall–Kier alpha value is -6.02. The number of phenolic OH excluding ortho intramolecular Hbond substituents is 3. The van der Waals surface area contributed by atoms with E-state index in [1.54, 1.807) is 31.4 Å². The number of aromatic hydroxyl groups is 4. The van der Waals surface area contributed by atoms with Gasteiger partial charge in [-0.15, -0.1) is 17.7 Å². The summed E-state index contributed by atoms with van der Waals surface area (Å²) in [5.74, 6) is -5.05. The predicted molar refractivity (Wildman–Crippen MR) is 178 cm³/mol. The number of hydrogen-bond acceptors (Lipinski definition) is 11. The maximum absolute atomic E-state index is 13.8. The van der Waals surface area contributed by atoms with Crippen molar-refractivity contribution in [3.63, 3.8) is 0 Å². The van der Waals surface area contributed by atoms with Crippen molar-refractivity contribution in [2.45, 2.75) is 19.8 Å². The molecular weight excluding hydrogens is 642 g/mol. The Bertz CT molecular complexity index is 2160. The molecule has 0 bridgehead atoms. The molecule has 0 fully saturated rings. The molecule has 4 aromatic carbocycles. The van der Waals surface area contributed by atoms with Gasteiger partial charge in [-0.1, -0.05) is 0 Å². The Balaban J connectivity index is 1.47. The highest BCUT2D eigenvalue weighted by Gasteiger charge is 2.42. The van der Waals surface area contributed by atoms with Crippen LogP contribution in [0.3, 0.4) is 0 Å². The molecule has 0 spiro atoms. The number of carboxylic acid groups (broad SMARTS) is 1. The molecule has 2 aliphatic carbocycles. The molecule has 0 atom stereocenters. The number of methoxy groups -OCH3 is 2. The van der Waals surface area contributed by atoms with Crippen LogP contribution < -0.4 is 14.8 Å². The van der Waals surface area contributed by atoms with Crippen LogP contribution in [0.1, 0.15) is 64.5 Å². The largest absolute Gasteiger partial charge is 0.508 e. The molecular formula is C34H27N3O10S. The number of ketones is 2. The number of nitrogens with zero attached hydrogens (tertiary/aromatic N) is 2. The molecule has 0 heterocycles. The number of hydrogen-bond donors (Lipinski definition) is 7. The number of carbonyl (C=O) groups excluding carboxylic acids is 2. The molecule has 0 unspecified atom stereocenters. The first-order valence-electron chi connectivity index (χ1n) is 14.3. The van der Waals surface area contributed by atoms with Crippen molar-refractivity contribution in [1.82, 2.24) is 0 Å². The number of nitrogens with one attached hydrogen (secondary N) is 1. The van der Waals surface area contributed by atoms with E-state index in [4.69, 9.17) is 9.47 Å². The summed E-state index contributed by atoms with van der Waals surface area (Å²) in [6.45, 7) is 1.38. The first-order valence-corrected chi connectivity index (χ1v) is 14.8. The zero-order chi connectivity index (χ0) is 34.6. The minimum atomic E-state index is -1.51. The second kappa shape index (κ2) is 12.0. The van der Waals surface area contributed by atoms with Gasteiger partial charge in [0.1, 0.15) is 40.1 Å². The second-order valence-electron chi connectivity index (χ2n) is 11.0. The molecule has 0 amide bonds. The van der Waals surface area contributed by atoms with Crippen LogP contribution >= 0.6 is 12.6 Å². The molecule has 4 aromatic rings. The quantitative estimate of drug-likeness (QED) is 0.0565. The number of amidine groups is 1. The van der Waals surface area contributed by atoms with Crippen LogP contribution in [0, 0.1) is 6.92 Å². The van der Waals surface area contributed by atoms with Crippen LogP contribution in [0.15, 0.2) is 46.6 Å². The van der Waals surface area contributed by atoms with Gasteiger partial charge in [-0.05, 0) is 61.7 Å². The van der Waals surface area contributed by atoms with Crippen molar-refractivity contribution in [3.05, 3.63) is 86.5 Å². The standard InChI is InChI=1S/C34H27N3O10S/c1-13-20(38)11-19-24(27(13)39)31(43)26-25(28(19)40)30(42)23-18(32(26)47-3)9-4-14-10-15(22(33(44)45)29(41)21(14)23)12-35-37-34(48)36-16-5-7-17(46-2)8-6-16/h5-8,10-12,38-39,41-42H,4,9H2,1-3H3,(H,44,45)(H2,36,37,48)/b35-12+. The average Bonchev–Trinajstić information content (AvgIpc) is 3.05. The smallest absolute Gasteiger partial charge is 0.340 e. The molecule has 6 rings (SSSR count). The summed E-state index contributed by atoms with van der Waals surface area (Å²) in [6, 6.07) is 9.42. The zero-order valence-electron chi connectivity index (χ0n) is 25.6. The van der Waals surface area contributed by atoms with E-state index < -0.39 is 51.7 Å². The molecule has 0 radical (unpaired) electrons. The van der Waals surface area contributed by atoms with Gasteiger partial charge in [0.25, 0.3) is 0 Å². The van der Waals surface area contributed by atoms with Gasteiger partial charge in [0.05, 0.1) is 37.1 Å². The summed E-state index contributed by atoms with van der Waals surface area (Å²) in [4.78, 5) is 40.0. The van der Waals surface area contributed by atoms with Crippen LogP contribution in [0.25, 0.3) is 11.1 Å². The number of anilines is 1. The van der Waals surface area contributed by atoms with Crippen molar-refractivity contribution in [2.75, 3.05) is 19.5 Å². The summed E-state index contributed by atoms with van der Waals surface area (Å²) >= 11 is 4.26. The molecule has 13 nitrogen and oxygen atoms in total. The molecule has 14 heteroatoms. The van der Waals surface area contributed by atoms with Gasteiger partial charge in [0.2, 0.25) is 5.78 Å². The van der Waals surface area contributed by atoms with E-state index in [2.05, 4.69) is 28.1 Å². The van der Waals surface area contributed by atoms with Gasteiger partial charge in [-0.3, -0.25) is 9.59 Å². The van der Waals surface area contributed by atoms with E-state index in [1.807, 2.05) is 0 Å². The maximum atomic E-state index is 13.8. The maximum Gasteiger partial charge on any atom is 0.340 e. The number of carbonyl (C=O) groups is 3. The minimum absolute atomic E-state index is 0.00227. The normalized spacial score (nSPS) is 13.5. The summed E-state index contributed by atoms with van der Waals surface area (Å²) in [5.41, 5.74) is -0.855. The number of aromatic carboxylic acids is 1. The van der Waals surface area contributed by atoms with Crippen molar-refractivity contribution in [2.24, 2.45) is 10.2 Å². The van der Waals surface area contributed by atoms with Crippen LogP contribution in [0.4, 0.5) is 5.69 Å². The minimum Gasteiger partial charge on any atom is -0.508 e. The fourth-order valence-corrected chi connectivity index (χ4v) is 6.32. The molecule has 6 N–H and O–H groups in total. The van der Waals surface area contributed by atoms with Gasteiger partial charge in [-0.25, -0.2) is 4.79 Å². The number of thiol groups is 1. The number of benzene rings is 4. The summed E-state index contributed by atoms with van der Waals surface area (Å²) < 4.78 is 10.7. The molecule has 0 saturated heterocycles. The lowest BCUT2D eigenvalue weighted by atomic mass is 9.74. The summed E-state index contributed by atoms with van der Waals surface area (Å²) in [5, 5.41) is 65.1. The SMILES string of the molecule is COc1ccc(N/C(S)=N/N=C/c2cc3c(c(O)c2C(=O)O)-c2c(O)c4c(c(OC)c2CC3)C(=O)c2c(cc(O)c(C)c2O)C4=O)cc1. The Kier molecular flexibility index (Phi) is 7.96. The van der Waals surface area contributed by atoms with Gasteiger partial charge in [0, 0.05) is 39.1 Å². The first kappa shape index (κ1) is 31.9. The predicted octanol–water partition coefficient (Wildman–Crippen LogP) is 4.81. The van der Waals surface area contributed by atoms with E-state index >= 15 is 0 Å². The lowest BCUT2D eigenvalue weighted by Crippen LogP contribution is -2.24. The van der Waals surface area contributed by atoms with Gasteiger partial charge in [0.15, 0.2) is 11.0 Å². The highest BCUT2D eigenvalue weighted by atomic mass is 32.1. The van der Waals surface area contributed by atoms with Gasteiger partial charge < -0.3 is 40.3 Å². The number of rotatable bonds is 6. The topological polar surface area (TPSA) is 208 Å². The Morgan fingerprint density at radius 1 is 0.875 bits per heavy atom. The highest BCUT2D eigenvalue weighted by molar-refractivity contribution is 7.97. The lowest BCUT2D eigenvalue weighted by Gasteiger charge is -2.30. The fourth-order valence-electron chi connectivity index (χ4n) is 6.14. The Morgan fingerprint density at radius 2 is 1.58 bits per heavy atom. The van der Waals surface area contributed by atoms with E-state index in [1.165, 1.54) is 20.1 Å². The molecule has 0 aliphatic heterocycles. The number of ether oxygens (including phenoxy) is 2. The monoisotopic (exact) mass is 669 g/mol. The van der Waals surface area contributed by atoms with Crippen LogP contribution in [-0.2, 0) is 12.8 Å². The third-order valence-electron chi connectivity index (χ3n) is 8.40. The van der Waals surface area contributed by atoms with Gasteiger partial charge >= 0.3 is 5.97 Å². The van der Waals surface area contributed by atoms with Crippen molar-refractivity contribution in [1.29, 1.82) is 0 Å². The zero-order valence-corrected chi connectivity index (χ0v) is 26.5. The van der Waals surface area contributed by atoms with Crippen LogP contribution in [0.2, 0.25) is 0 Å². The molecule has 2 aliphatic rings. The Labute approximate surface area is 277 Å². The third-order valence-corrected chi connectivity index (χ3v) is 8.60. The van der Waals surface area contributed by atoms with Crippen molar-refractivity contribution in [3.8, 4) is 45.6 Å². The molecule has 0 saturated carbocycles. The first-order chi connectivity index (χ1) is 22.9. The van der Waals surface area contributed by atoms with Crippen molar-refractivity contribution >= 4 is 47.2 Å². The number of aryl methyl sites for hydroxylation is 1. The third kappa shape index (κ3) is 4.93. The van der Waals surface area contributed by atoms with Gasteiger partial charge in [-0.2, -0.15) is 5.10 Å². The van der Waals surface area contributed by atoms with Crippen LogP contribution in [0.5, 0.6) is 34.5 Å². The summed E-state index contributed by atoms with van der Waals surface area (Å²) in [7, 11) is 2.81. The fraction of sp³-hybridized carbons (Fsp3) is 0.147. The van der Waals surface area contributed by atoms with Crippen LogP contribution in [-0.4, -0.2) is 68.7 Å². The molecule has 244 valence electrons. The van der Waals surface area contributed by atoms with Crippen molar-refractivity contribution < 1.29 is 49.4 Å². The Morgan fingerprint density at radius 3 is 2.23 bits per heavy atom. The van der Waals surface area contributed by atoms with E-state index in [0.29, 0.717) is 17.0 Å². The number of carboxylic acids is 1. The lowest BCUT2D eigenvalue weighted by molar-refractivity contribution is 0.0693.